The van der Waals surface area contributed by atoms with Crippen LogP contribution < -0.4 is 0 Å². The fourth-order valence-corrected chi connectivity index (χ4v) is 2.69. The Labute approximate surface area is 126 Å². The van der Waals surface area contributed by atoms with Gasteiger partial charge in [0.25, 0.3) is 0 Å². The second-order valence-electron chi connectivity index (χ2n) is 5.12. The zero-order valence-corrected chi connectivity index (χ0v) is 12.0. The van der Waals surface area contributed by atoms with Crippen molar-refractivity contribution in [3.05, 3.63) is 39.9 Å². The van der Waals surface area contributed by atoms with Gasteiger partial charge < -0.3 is 20.3 Å². The number of nitrogens with zero attached hydrogens (tertiary/aromatic N) is 2. The van der Waals surface area contributed by atoms with Crippen LogP contribution in [0.1, 0.15) is 16.8 Å². The molecule has 0 amide bonds. The van der Waals surface area contributed by atoms with Crippen LogP contribution in [0.3, 0.4) is 0 Å². The Bertz CT molecular complexity index is 745. The van der Waals surface area contributed by atoms with Crippen LogP contribution in [0.5, 0.6) is 17.2 Å². The van der Waals surface area contributed by atoms with Gasteiger partial charge in [-0.1, -0.05) is 0 Å². The van der Waals surface area contributed by atoms with E-state index in [0.29, 0.717) is 23.4 Å². The van der Waals surface area contributed by atoms with Crippen LogP contribution in [0.4, 0.5) is 0 Å². The number of aromatic nitrogens is 2. The van der Waals surface area contributed by atoms with Crippen molar-refractivity contribution in [2.75, 3.05) is 6.54 Å². The first-order chi connectivity index (χ1) is 10.0. The van der Waals surface area contributed by atoms with Crippen molar-refractivity contribution >= 4 is 12.2 Å². The highest BCUT2D eigenvalue weighted by Gasteiger charge is 2.19. The van der Waals surface area contributed by atoms with E-state index in [9.17, 15) is 15.3 Å². The van der Waals surface area contributed by atoms with Crippen molar-refractivity contribution in [1.82, 2.24) is 14.9 Å². The van der Waals surface area contributed by atoms with Crippen LogP contribution in [-0.4, -0.2) is 36.7 Å². The lowest BCUT2D eigenvalue weighted by molar-refractivity contribution is 0.239. The number of rotatable bonds is 2. The van der Waals surface area contributed by atoms with Gasteiger partial charge in [-0.3, -0.25) is 4.90 Å². The van der Waals surface area contributed by atoms with Crippen LogP contribution in [0.25, 0.3) is 0 Å². The highest BCUT2D eigenvalue weighted by Crippen LogP contribution is 2.33. The summed E-state index contributed by atoms with van der Waals surface area (Å²) in [4.78, 5) is 9.31. The zero-order chi connectivity index (χ0) is 15.0. The topological polar surface area (TPSA) is 92.6 Å². The van der Waals surface area contributed by atoms with E-state index < -0.39 is 0 Å². The van der Waals surface area contributed by atoms with Crippen molar-refractivity contribution in [2.45, 2.75) is 19.5 Å². The third kappa shape index (κ3) is 2.84. The Morgan fingerprint density at radius 3 is 2.76 bits per heavy atom. The van der Waals surface area contributed by atoms with Gasteiger partial charge in [-0.15, -0.1) is 0 Å². The van der Waals surface area contributed by atoms with Crippen molar-refractivity contribution in [3.63, 3.8) is 0 Å². The maximum absolute atomic E-state index is 9.85. The van der Waals surface area contributed by atoms with Crippen molar-refractivity contribution in [3.8, 4) is 17.2 Å². The number of H-pyrrole nitrogens is 1. The lowest BCUT2D eigenvalue weighted by Crippen LogP contribution is -2.30. The first kappa shape index (κ1) is 13.8. The lowest BCUT2D eigenvalue weighted by atomic mass is 10.1. The number of aromatic amines is 1. The molecule has 4 N–H and O–H groups in total. The fraction of sp³-hybridized carbons (Fsp3) is 0.286. The van der Waals surface area contributed by atoms with E-state index >= 15 is 0 Å². The molecule has 2 aromatic rings. The summed E-state index contributed by atoms with van der Waals surface area (Å²) in [6.45, 7) is 1.98. The summed E-state index contributed by atoms with van der Waals surface area (Å²) in [5.74, 6) is -0.579. The summed E-state index contributed by atoms with van der Waals surface area (Å²) in [5.41, 5.74) is 2.76. The molecule has 7 heteroatoms. The summed E-state index contributed by atoms with van der Waals surface area (Å²) < 4.78 is 0.489. The van der Waals surface area contributed by atoms with Crippen LogP contribution in [-0.2, 0) is 19.5 Å². The van der Waals surface area contributed by atoms with E-state index in [0.717, 1.165) is 30.3 Å². The van der Waals surface area contributed by atoms with Crippen molar-refractivity contribution in [1.29, 1.82) is 0 Å². The van der Waals surface area contributed by atoms with Crippen molar-refractivity contribution < 1.29 is 15.3 Å². The van der Waals surface area contributed by atoms with Crippen LogP contribution >= 0.6 is 12.2 Å². The van der Waals surface area contributed by atoms with E-state index in [2.05, 4.69) is 14.9 Å². The molecule has 21 heavy (non-hydrogen) atoms. The summed E-state index contributed by atoms with van der Waals surface area (Å²) in [5, 5.41) is 28.7. The van der Waals surface area contributed by atoms with Crippen LogP contribution in [0.2, 0.25) is 0 Å². The minimum atomic E-state index is -0.322. The average molecular weight is 305 g/mol. The maximum Gasteiger partial charge on any atom is 0.196 e. The number of phenols is 3. The molecule has 6 nitrogen and oxygen atoms in total. The molecular weight excluding hydrogens is 290 g/mol. The van der Waals surface area contributed by atoms with Crippen LogP contribution in [0.15, 0.2) is 18.3 Å². The number of hydrogen-bond acceptors (Lipinski definition) is 6. The molecule has 0 saturated carbocycles. The predicted octanol–water partition coefficient (Wildman–Crippen LogP) is 1.81. The molecule has 0 radical (unpaired) electrons. The highest BCUT2D eigenvalue weighted by atomic mass is 32.1. The van der Waals surface area contributed by atoms with Gasteiger partial charge in [-0.05, 0) is 18.3 Å². The summed E-state index contributed by atoms with van der Waals surface area (Å²) >= 11 is 5.01. The lowest BCUT2D eigenvalue weighted by Gasteiger charge is -2.28. The van der Waals surface area contributed by atoms with Gasteiger partial charge in [0, 0.05) is 55.1 Å². The van der Waals surface area contributed by atoms with Gasteiger partial charge in [0.15, 0.2) is 16.3 Å². The maximum atomic E-state index is 9.85. The largest absolute Gasteiger partial charge is 0.507 e. The zero-order valence-electron chi connectivity index (χ0n) is 11.2. The SMILES string of the molecule is Oc1cc(O)c(CN2CCc3[nH]c(=S)ncc3C2)cc1O. The Hall–Kier alpha value is -2.12. The number of hydrogen-bond donors (Lipinski definition) is 4. The highest BCUT2D eigenvalue weighted by molar-refractivity contribution is 7.71. The molecule has 110 valence electrons. The Morgan fingerprint density at radius 1 is 1.19 bits per heavy atom. The fourth-order valence-electron chi connectivity index (χ4n) is 2.52. The van der Waals surface area contributed by atoms with Gasteiger partial charge in [-0.25, -0.2) is 4.98 Å². The van der Waals surface area contributed by atoms with E-state index in [4.69, 9.17) is 12.2 Å². The van der Waals surface area contributed by atoms with Gasteiger partial charge in [0.05, 0.1) is 0 Å². The second-order valence-corrected chi connectivity index (χ2v) is 5.51. The van der Waals surface area contributed by atoms with Gasteiger partial charge in [0.2, 0.25) is 0 Å². The van der Waals surface area contributed by atoms with Gasteiger partial charge in [-0.2, -0.15) is 0 Å². The predicted molar refractivity (Wildman–Crippen MR) is 78.7 cm³/mol. The van der Waals surface area contributed by atoms with E-state index in [-0.39, 0.29) is 17.2 Å². The quantitative estimate of drug-likeness (QED) is 0.384. The minimum Gasteiger partial charge on any atom is -0.507 e. The molecule has 0 atom stereocenters. The molecule has 3 rings (SSSR count). The molecule has 0 aliphatic carbocycles. The van der Waals surface area contributed by atoms with Gasteiger partial charge >= 0.3 is 0 Å². The molecule has 0 unspecified atom stereocenters. The monoisotopic (exact) mass is 305 g/mol. The average Bonchev–Trinajstić information content (AvgIpc) is 2.45. The molecular formula is C14H15N3O3S. The van der Waals surface area contributed by atoms with E-state index in [1.54, 1.807) is 6.20 Å². The first-order valence-corrected chi connectivity index (χ1v) is 6.97. The summed E-state index contributed by atoms with van der Waals surface area (Å²) in [6.07, 6.45) is 2.60. The normalized spacial score (nSPS) is 14.9. The molecule has 1 aromatic heterocycles. The number of benzene rings is 1. The molecule has 1 aromatic carbocycles. The Balaban J connectivity index is 1.80. The number of phenolic OH excluding ortho intramolecular Hbond substituents is 3. The van der Waals surface area contributed by atoms with Crippen molar-refractivity contribution in [2.24, 2.45) is 0 Å². The number of aromatic hydroxyl groups is 3. The standard InChI is InChI=1S/C14H15N3O3S/c18-11-4-13(20)12(19)3-8(11)6-17-2-1-10-9(7-17)5-15-14(21)16-10/h3-5,18-20H,1-2,6-7H2,(H,15,16,21). The third-order valence-electron chi connectivity index (χ3n) is 3.62. The molecule has 0 bridgehead atoms. The Morgan fingerprint density at radius 2 is 1.95 bits per heavy atom. The van der Waals surface area contributed by atoms with E-state index in [1.165, 1.54) is 6.07 Å². The number of nitrogens with one attached hydrogen (secondary N) is 1. The molecule has 1 aliphatic heterocycles. The molecule has 0 saturated heterocycles. The first-order valence-electron chi connectivity index (χ1n) is 6.56. The minimum absolute atomic E-state index is 0.0262. The van der Waals surface area contributed by atoms with E-state index in [1.807, 2.05) is 0 Å². The second kappa shape index (κ2) is 5.34. The Kier molecular flexibility index (Phi) is 3.52. The summed E-state index contributed by atoms with van der Waals surface area (Å²) in [7, 11) is 0. The summed E-state index contributed by atoms with van der Waals surface area (Å²) in [6, 6.07) is 2.54. The molecule has 2 heterocycles. The number of fused-ring (bicyclic) bond motifs is 1. The smallest absolute Gasteiger partial charge is 0.196 e. The molecule has 0 spiro atoms. The molecule has 0 fully saturated rings. The van der Waals surface area contributed by atoms with Crippen LogP contribution in [0, 0.1) is 4.77 Å². The van der Waals surface area contributed by atoms with Gasteiger partial charge in [0.1, 0.15) is 5.75 Å². The molecule has 1 aliphatic rings. The third-order valence-corrected chi connectivity index (χ3v) is 3.83.